The van der Waals surface area contributed by atoms with Gasteiger partial charge in [0.15, 0.2) is 5.13 Å². The molecule has 4 heteroatoms. The summed E-state index contributed by atoms with van der Waals surface area (Å²) >= 11 is 1.77. The first kappa shape index (κ1) is 16.4. The van der Waals surface area contributed by atoms with Crippen LogP contribution in [0.1, 0.15) is 46.7 Å². The Morgan fingerprint density at radius 1 is 1.32 bits per heavy atom. The molecule has 1 aromatic rings. The van der Waals surface area contributed by atoms with E-state index >= 15 is 0 Å². The van der Waals surface area contributed by atoms with Crippen molar-refractivity contribution in [3.63, 3.8) is 0 Å². The van der Waals surface area contributed by atoms with Gasteiger partial charge in [-0.1, -0.05) is 34.1 Å². The molecule has 1 unspecified atom stereocenters. The molecule has 0 radical (unpaired) electrons. The summed E-state index contributed by atoms with van der Waals surface area (Å²) in [7, 11) is 0. The second-order valence-corrected chi connectivity index (χ2v) is 6.53. The Balaban J connectivity index is 2.51. The predicted octanol–water partition coefficient (Wildman–Crippen LogP) is 3.76. The average molecular weight is 283 g/mol. The van der Waals surface area contributed by atoms with Crippen LogP contribution in [0.15, 0.2) is 5.38 Å². The van der Waals surface area contributed by atoms with Gasteiger partial charge in [-0.05, 0) is 25.3 Å². The fourth-order valence-corrected chi connectivity index (χ4v) is 2.76. The van der Waals surface area contributed by atoms with Gasteiger partial charge in [0.1, 0.15) is 0 Å². The molecule has 0 aliphatic carbocycles. The SMILES string of the molecule is CCC(C)CN(CC)c1nc(CNCC(C)C)cs1. The van der Waals surface area contributed by atoms with E-state index in [1.807, 2.05) is 0 Å². The molecular weight excluding hydrogens is 254 g/mol. The van der Waals surface area contributed by atoms with Crippen LogP contribution in [0, 0.1) is 11.8 Å². The summed E-state index contributed by atoms with van der Waals surface area (Å²) in [5, 5.41) is 6.80. The fourth-order valence-electron chi connectivity index (χ4n) is 1.86. The summed E-state index contributed by atoms with van der Waals surface area (Å²) in [6.07, 6.45) is 1.23. The minimum Gasteiger partial charge on any atom is -0.348 e. The van der Waals surface area contributed by atoms with Crippen molar-refractivity contribution in [2.24, 2.45) is 11.8 Å². The van der Waals surface area contributed by atoms with Crippen LogP contribution in [0.5, 0.6) is 0 Å². The van der Waals surface area contributed by atoms with Crippen molar-refractivity contribution < 1.29 is 0 Å². The molecule has 1 heterocycles. The fraction of sp³-hybridized carbons (Fsp3) is 0.800. The molecule has 0 fully saturated rings. The Morgan fingerprint density at radius 3 is 2.63 bits per heavy atom. The van der Waals surface area contributed by atoms with Gasteiger partial charge in [-0.3, -0.25) is 0 Å². The summed E-state index contributed by atoms with van der Waals surface area (Å²) in [6.45, 7) is 15.3. The molecule has 0 spiro atoms. The maximum Gasteiger partial charge on any atom is 0.185 e. The van der Waals surface area contributed by atoms with Gasteiger partial charge in [0.2, 0.25) is 0 Å². The lowest BCUT2D eigenvalue weighted by atomic mass is 10.1. The molecule has 0 amide bonds. The molecule has 3 nitrogen and oxygen atoms in total. The number of hydrogen-bond donors (Lipinski definition) is 1. The molecule has 0 aromatic carbocycles. The van der Waals surface area contributed by atoms with Crippen LogP contribution < -0.4 is 10.2 Å². The smallest absolute Gasteiger partial charge is 0.185 e. The van der Waals surface area contributed by atoms with Crippen LogP contribution >= 0.6 is 11.3 Å². The van der Waals surface area contributed by atoms with E-state index in [2.05, 4.69) is 50.2 Å². The third-order valence-electron chi connectivity index (χ3n) is 3.28. The van der Waals surface area contributed by atoms with Crippen LogP contribution in [-0.4, -0.2) is 24.6 Å². The summed E-state index contributed by atoms with van der Waals surface area (Å²) in [4.78, 5) is 7.14. The highest BCUT2D eigenvalue weighted by atomic mass is 32.1. The molecule has 1 atom stereocenters. The Kier molecular flexibility index (Phi) is 7.39. The minimum atomic E-state index is 0.690. The molecule has 0 aliphatic heterocycles. The van der Waals surface area contributed by atoms with Crippen molar-refractivity contribution in [3.05, 3.63) is 11.1 Å². The van der Waals surface area contributed by atoms with Gasteiger partial charge < -0.3 is 10.2 Å². The van der Waals surface area contributed by atoms with Gasteiger partial charge in [0.05, 0.1) is 5.69 Å². The van der Waals surface area contributed by atoms with Crippen LogP contribution in [0.2, 0.25) is 0 Å². The van der Waals surface area contributed by atoms with Crippen LogP contribution in [-0.2, 0) is 6.54 Å². The normalized spacial score (nSPS) is 12.9. The standard InChI is InChI=1S/C15H29N3S/c1-6-13(5)10-18(7-2)15-17-14(11-19-15)9-16-8-12(3)4/h11-13,16H,6-10H2,1-5H3. The number of nitrogens with one attached hydrogen (secondary N) is 1. The van der Waals surface area contributed by atoms with Crippen molar-refractivity contribution in [1.29, 1.82) is 0 Å². The molecule has 0 saturated carbocycles. The van der Waals surface area contributed by atoms with E-state index in [-0.39, 0.29) is 0 Å². The monoisotopic (exact) mass is 283 g/mol. The average Bonchev–Trinajstić information content (AvgIpc) is 2.83. The third kappa shape index (κ3) is 5.91. The lowest BCUT2D eigenvalue weighted by Crippen LogP contribution is -2.28. The van der Waals surface area contributed by atoms with Crippen LogP contribution in [0.25, 0.3) is 0 Å². The summed E-state index contributed by atoms with van der Waals surface area (Å²) in [6, 6.07) is 0. The largest absolute Gasteiger partial charge is 0.348 e. The summed E-state index contributed by atoms with van der Waals surface area (Å²) in [5.74, 6) is 1.42. The quantitative estimate of drug-likeness (QED) is 0.748. The first-order valence-electron chi connectivity index (χ1n) is 7.46. The van der Waals surface area contributed by atoms with Crippen molar-refractivity contribution >= 4 is 16.5 Å². The Hall–Kier alpha value is -0.610. The Morgan fingerprint density at radius 2 is 2.05 bits per heavy atom. The highest BCUT2D eigenvalue weighted by Crippen LogP contribution is 2.22. The number of aromatic nitrogens is 1. The highest BCUT2D eigenvalue weighted by Gasteiger charge is 2.12. The second kappa shape index (κ2) is 8.54. The number of nitrogens with zero attached hydrogens (tertiary/aromatic N) is 2. The van der Waals surface area contributed by atoms with Gasteiger partial charge in [-0.15, -0.1) is 11.3 Å². The van der Waals surface area contributed by atoms with Gasteiger partial charge >= 0.3 is 0 Å². The number of hydrogen-bond acceptors (Lipinski definition) is 4. The van der Waals surface area contributed by atoms with Crippen molar-refractivity contribution in [1.82, 2.24) is 10.3 Å². The lowest BCUT2D eigenvalue weighted by Gasteiger charge is -2.23. The van der Waals surface area contributed by atoms with Gasteiger partial charge in [0.25, 0.3) is 0 Å². The molecule has 110 valence electrons. The van der Waals surface area contributed by atoms with Gasteiger partial charge in [-0.2, -0.15) is 0 Å². The van der Waals surface area contributed by atoms with E-state index in [0.29, 0.717) is 5.92 Å². The maximum absolute atomic E-state index is 4.75. The van der Waals surface area contributed by atoms with Crippen LogP contribution in [0.3, 0.4) is 0 Å². The number of anilines is 1. The van der Waals surface area contributed by atoms with Gasteiger partial charge in [0, 0.05) is 25.0 Å². The predicted molar refractivity (Wildman–Crippen MR) is 86.0 cm³/mol. The van der Waals surface area contributed by atoms with Crippen molar-refractivity contribution in [2.45, 2.75) is 47.6 Å². The Labute approximate surface area is 122 Å². The zero-order valence-corrected chi connectivity index (χ0v) is 13.9. The second-order valence-electron chi connectivity index (χ2n) is 5.70. The summed E-state index contributed by atoms with van der Waals surface area (Å²) in [5.41, 5.74) is 1.17. The molecule has 19 heavy (non-hydrogen) atoms. The van der Waals surface area contributed by atoms with E-state index < -0.39 is 0 Å². The molecular formula is C15H29N3S. The van der Waals surface area contributed by atoms with Crippen molar-refractivity contribution in [2.75, 3.05) is 24.5 Å². The highest BCUT2D eigenvalue weighted by molar-refractivity contribution is 7.13. The lowest BCUT2D eigenvalue weighted by molar-refractivity contribution is 0.543. The van der Waals surface area contributed by atoms with E-state index in [1.54, 1.807) is 11.3 Å². The van der Waals surface area contributed by atoms with Crippen molar-refractivity contribution in [3.8, 4) is 0 Å². The topological polar surface area (TPSA) is 28.2 Å². The minimum absolute atomic E-state index is 0.690. The van der Waals surface area contributed by atoms with E-state index in [4.69, 9.17) is 4.98 Å². The van der Waals surface area contributed by atoms with E-state index in [1.165, 1.54) is 17.2 Å². The summed E-state index contributed by atoms with van der Waals surface area (Å²) < 4.78 is 0. The number of thiazole rings is 1. The molecule has 0 saturated heterocycles. The molecule has 1 aromatic heterocycles. The third-order valence-corrected chi connectivity index (χ3v) is 4.23. The molecule has 0 bridgehead atoms. The van der Waals surface area contributed by atoms with E-state index in [9.17, 15) is 0 Å². The maximum atomic E-state index is 4.75. The Bertz CT molecular complexity index is 349. The number of rotatable bonds is 9. The van der Waals surface area contributed by atoms with Crippen LogP contribution in [0.4, 0.5) is 5.13 Å². The zero-order chi connectivity index (χ0) is 14.3. The molecule has 1 N–H and O–H groups in total. The molecule has 1 rings (SSSR count). The first-order valence-corrected chi connectivity index (χ1v) is 8.34. The van der Waals surface area contributed by atoms with E-state index in [0.717, 1.165) is 32.1 Å². The van der Waals surface area contributed by atoms with Gasteiger partial charge in [-0.25, -0.2) is 4.98 Å². The first-order chi connectivity index (χ1) is 9.06. The zero-order valence-electron chi connectivity index (χ0n) is 13.1. The molecule has 0 aliphatic rings.